The van der Waals surface area contributed by atoms with Crippen LogP contribution in [0.5, 0.6) is 0 Å². The smallest absolute Gasteiger partial charge is 0.222 e. The minimum absolute atomic E-state index is 0.0640. The number of primary amides is 1. The molecule has 6 heteroatoms. The number of hydrogen-bond acceptors (Lipinski definition) is 4. The zero-order chi connectivity index (χ0) is 11.4. The Morgan fingerprint density at radius 2 is 2.33 bits per heavy atom. The van der Waals surface area contributed by atoms with Crippen molar-refractivity contribution in [1.82, 2.24) is 9.55 Å². The molecule has 1 aromatic heterocycles. The van der Waals surface area contributed by atoms with Crippen LogP contribution < -0.4 is 5.73 Å². The molecule has 0 aromatic carbocycles. The molecule has 0 aliphatic rings. The molecule has 0 fully saturated rings. The first kappa shape index (κ1) is 10.7. The maximum atomic E-state index is 10.8. The number of nitrogens with two attached hydrogens (primary N) is 1. The molecule has 6 nitrogen and oxygen atoms in total. The van der Waals surface area contributed by atoms with E-state index in [1.807, 2.05) is 6.07 Å². The number of carbonyl (C=O) groups excluding carboxylic acids is 1. The largest absolute Gasteiger partial charge is 0.369 e. The van der Waals surface area contributed by atoms with E-state index in [0.29, 0.717) is 0 Å². The summed E-state index contributed by atoms with van der Waals surface area (Å²) in [5, 5.41) is 17.4. The van der Waals surface area contributed by atoms with Gasteiger partial charge in [-0.2, -0.15) is 10.5 Å². The Balaban J connectivity index is 2.98. The molecule has 0 aliphatic heterocycles. The summed E-state index contributed by atoms with van der Waals surface area (Å²) in [6.07, 6.45) is 1.36. The average molecular weight is 203 g/mol. The van der Waals surface area contributed by atoms with Crippen molar-refractivity contribution in [1.29, 1.82) is 10.5 Å². The highest BCUT2D eigenvalue weighted by molar-refractivity contribution is 5.76. The van der Waals surface area contributed by atoms with Crippen molar-refractivity contribution >= 4 is 5.91 Å². The molecule has 0 spiro atoms. The summed E-state index contributed by atoms with van der Waals surface area (Å²) in [4.78, 5) is 14.6. The van der Waals surface area contributed by atoms with Crippen molar-refractivity contribution in [2.24, 2.45) is 11.7 Å². The maximum absolute atomic E-state index is 10.8. The fourth-order valence-corrected chi connectivity index (χ4v) is 1.10. The number of rotatable bonds is 3. The van der Waals surface area contributed by atoms with E-state index in [1.165, 1.54) is 10.9 Å². The molecule has 0 aliphatic carbocycles. The summed E-state index contributed by atoms with van der Waals surface area (Å²) in [6.45, 7) is 1.91. The van der Waals surface area contributed by atoms with Crippen LogP contribution in [0.15, 0.2) is 6.33 Å². The third-order valence-corrected chi connectivity index (χ3v) is 2.01. The highest BCUT2D eigenvalue weighted by Gasteiger charge is 2.14. The van der Waals surface area contributed by atoms with Crippen LogP contribution >= 0.6 is 0 Å². The Morgan fingerprint density at radius 3 is 2.80 bits per heavy atom. The lowest BCUT2D eigenvalue weighted by molar-refractivity contribution is -0.121. The SMILES string of the molecule is CC(Cn1cnc(C#N)c1C#N)C(N)=O. The lowest BCUT2D eigenvalue weighted by Gasteiger charge is -2.08. The van der Waals surface area contributed by atoms with Gasteiger partial charge < -0.3 is 10.3 Å². The first-order chi connectivity index (χ1) is 7.10. The molecule has 1 heterocycles. The van der Waals surface area contributed by atoms with Gasteiger partial charge in [0, 0.05) is 6.54 Å². The molecule has 2 N–H and O–H groups in total. The lowest BCUT2D eigenvalue weighted by atomic mass is 10.1. The van der Waals surface area contributed by atoms with E-state index in [9.17, 15) is 4.79 Å². The van der Waals surface area contributed by atoms with Crippen molar-refractivity contribution in [3.05, 3.63) is 17.7 Å². The normalized spacial score (nSPS) is 11.4. The second-order valence-corrected chi connectivity index (χ2v) is 3.12. The summed E-state index contributed by atoms with van der Waals surface area (Å²) in [6, 6.07) is 3.66. The van der Waals surface area contributed by atoms with Crippen molar-refractivity contribution in [3.8, 4) is 12.1 Å². The monoisotopic (exact) mass is 203 g/mol. The van der Waals surface area contributed by atoms with Gasteiger partial charge in [-0.15, -0.1) is 0 Å². The highest BCUT2D eigenvalue weighted by atomic mass is 16.1. The van der Waals surface area contributed by atoms with E-state index < -0.39 is 11.8 Å². The third kappa shape index (κ3) is 2.12. The van der Waals surface area contributed by atoms with Crippen molar-refractivity contribution < 1.29 is 4.79 Å². The molecule has 0 saturated carbocycles. The van der Waals surface area contributed by atoms with Crippen molar-refractivity contribution in [2.45, 2.75) is 13.5 Å². The van der Waals surface area contributed by atoms with Crippen molar-refractivity contribution in [2.75, 3.05) is 0 Å². The zero-order valence-electron chi connectivity index (χ0n) is 8.14. The van der Waals surface area contributed by atoms with Crippen LogP contribution in [0.4, 0.5) is 0 Å². The summed E-state index contributed by atoms with van der Waals surface area (Å²) < 4.78 is 1.45. The predicted octanol–water partition coefficient (Wildman–Crippen LogP) is -0.252. The topological polar surface area (TPSA) is 108 Å². The van der Waals surface area contributed by atoms with Gasteiger partial charge in [-0.3, -0.25) is 4.79 Å². The molecule has 1 unspecified atom stereocenters. The van der Waals surface area contributed by atoms with Gasteiger partial charge in [-0.05, 0) is 0 Å². The zero-order valence-corrected chi connectivity index (χ0v) is 8.14. The molecule has 0 bridgehead atoms. The fraction of sp³-hybridized carbons (Fsp3) is 0.333. The second kappa shape index (κ2) is 4.25. The Labute approximate surface area is 86.5 Å². The fourth-order valence-electron chi connectivity index (χ4n) is 1.10. The number of imidazole rings is 1. The number of carbonyl (C=O) groups is 1. The van der Waals surface area contributed by atoms with E-state index in [4.69, 9.17) is 16.3 Å². The van der Waals surface area contributed by atoms with Gasteiger partial charge >= 0.3 is 0 Å². The minimum Gasteiger partial charge on any atom is -0.369 e. The van der Waals surface area contributed by atoms with Gasteiger partial charge in [0.2, 0.25) is 5.91 Å². The van der Waals surface area contributed by atoms with Crippen LogP contribution in [0.25, 0.3) is 0 Å². The van der Waals surface area contributed by atoms with Gasteiger partial charge in [0.15, 0.2) is 11.4 Å². The van der Waals surface area contributed by atoms with Crippen LogP contribution in [0.1, 0.15) is 18.3 Å². The average Bonchev–Trinajstić information content (AvgIpc) is 2.59. The summed E-state index contributed by atoms with van der Waals surface area (Å²) in [7, 11) is 0. The van der Waals surface area contributed by atoms with Crippen LogP contribution in [-0.2, 0) is 11.3 Å². The second-order valence-electron chi connectivity index (χ2n) is 3.12. The van der Waals surface area contributed by atoms with Gasteiger partial charge in [-0.1, -0.05) is 6.92 Å². The number of hydrogen-bond donors (Lipinski definition) is 1. The molecule has 0 saturated heterocycles. The molecule has 1 aromatic rings. The van der Waals surface area contributed by atoms with Crippen LogP contribution in [-0.4, -0.2) is 15.5 Å². The first-order valence-corrected chi connectivity index (χ1v) is 4.24. The predicted molar refractivity (Wildman–Crippen MR) is 50.0 cm³/mol. The molecular formula is C9H9N5O. The Hall–Kier alpha value is -2.34. The number of amides is 1. The molecule has 76 valence electrons. The van der Waals surface area contributed by atoms with Gasteiger partial charge in [0.1, 0.15) is 12.1 Å². The standard InChI is InChI=1S/C9H9N5O/c1-6(9(12)15)4-14-5-13-7(2-10)8(14)3-11/h5-6H,4H2,1H3,(H2,12,15). The number of nitrogens with zero attached hydrogens (tertiary/aromatic N) is 4. The number of aromatic nitrogens is 2. The van der Waals surface area contributed by atoms with E-state index >= 15 is 0 Å². The van der Waals surface area contributed by atoms with Gasteiger partial charge in [0.25, 0.3) is 0 Å². The minimum atomic E-state index is -0.453. The van der Waals surface area contributed by atoms with Gasteiger partial charge in [0.05, 0.1) is 12.2 Å². The molecule has 0 radical (unpaired) electrons. The quantitative estimate of drug-likeness (QED) is 0.730. The molecule has 1 amide bonds. The van der Waals surface area contributed by atoms with E-state index in [2.05, 4.69) is 4.98 Å². The summed E-state index contributed by atoms with van der Waals surface area (Å²) in [5.41, 5.74) is 5.32. The first-order valence-electron chi connectivity index (χ1n) is 4.24. The lowest BCUT2D eigenvalue weighted by Crippen LogP contribution is -2.24. The molecule has 1 rings (SSSR count). The van der Waals surface area contributed by atoms with E-state index in [-0.39, 0.29) is 17.9 Å². The Bertz CT molecular complexity index is 462. The summed E-state index contributed by atoms with van der Waals surface area (Å²) >= 11 is 0. The molecule has 15 heavy (non-hydrogen) atoms. The van der Waals surface area contributed by atoms with Crippen LogP contribution in [0.3, 0.4) is 0 Å². The van der Waals surface area contributed by atoms with Crippen molar-refractivity contribution in [3.63, 3.8) is 0 Å². The Kier molecular flexibility index (Phi) is 3.04. The molecule has 1 atom stereocenters. The van der Waals surface area contributed by atoms with Crippen LogP contribution in [0, 0.1) is 28.6 Å². The van der Waals surface area contributed by atoms with Gasteiger partial charge in [-0.25, -0.2) is 4.98 Å². The summed E-state index contributed by atoms with van der Waals surface area (Å²) in [5.74, 6) is -0.857. The molecular weight excluding hydrogens is 194 g/mol. The Morgan fingerprint density at radius 1 is 1.67 bits per heavy atom. The highest BCUT2D eigenvalue weighted by Crippen LogP contribution is 2.08. The van der Waals surface area contributed by atoms with Crippen LogP contribution in [0.2, 0.25) is 0 Å². The van der Waals surface area contributed by atoms with E-state index in [0.717, 1.165) is 0 Å². The number of nitriles is 2. The third-order valence-electron chi connectivity index (χ3n) is 2.01. The maximum Gasteiger partial charge on any atom is 0.222 e. The van der Waals surface area contributed by atoms with E-state index in [1.54, 1.807) is 13.0 Å².